The molecular weight excluding hydrogens is 306 g/mol. The molecule has 138 valence electrons. The van der Waals surface area contributed by atoms with Gasteiger partial charge in [-0.05, 0) is 64.7 Å². The van der Waals surface area contributed by atoms with Crippen LogP contribution in [0.3, 0.4) is 0 Å². The van der Waals surface area contributed by atoms with Gasteiger partial charge in [0.1, 0.15) is 5.60 Å². The molecule has 1 heterocycles. The van der Waals surface area contributed by atoms with Gasteiger partial charge < -0.3 is 19.8 Å². The van der Waals surface area contributed by atoms with Crippen molar-refractivity contribution in [3.63, 3.8) is 0 Å². The van der Waals surface area contributed by atoms with E-state index in [-0.39, 0.29) is 19.2 Å². The second-order valence-electron chi connectivity index (χ2n) is 9.27. The van der Waals surface area contributed by atoms with Crippen LogP contribution in [0.25, 0.3) is 0 Å². The Labute approximate surface area is 145 Å². The summed E-state index contributed by atoms with van der Waals surface area (Å²) in [6.07, 6.45) is 6.60. The van der Waals surface area contributed by atoms with Crippen molar-refractivity contribution in [3.8, 4) is 0 Å². The van der Waals surface area contributed by atoms with Crippen LogP contribution in [0.2, 0.25) is 0 Å². The molecule has 2 unspecified atom stereocenters. The molecule has 1 saturated heterocycles. The summed E-state index contributed by atoms with van der Waals surface area (Å²) in [4.78, 5) is 14.1. The molecule has 1 amide bonds. The molecule has 2 N–H and O–H groups in total. The number of nitrogens with zero attached hydrogens (tertiary/aromatic N) is 1. The number of aliphatic hydroxyl groups is 2. The van der Waals surface area contributed by atoms with Crippen molar-refractivity contribution in [2.45, 2.75) is 76.9 Å². The molecular formula is C19H33NO4. The van der Waals surface area contributed by atoms with Crippen LogP contribution in [-0.4, -0.2) is 52.1 Å². The van der Waals surface area contributed by atoms with Gasteiger partial charge in [-0.2, -0.15) is 0 Å². The summed E-state index contributed by atoms with van der Waals surface area (Å²) >= 11 is 0. The van der Waals surface area contributed by atoms with Crippen molar-refractivity contribution < 1.29 is 19.7 Å². The van der Waals surface area contributed by atoms with Gasteiger partial charge in [0.25, 0.3) is 0 Å². The molecule has 3 aliphatic carbocycles. The van der Waals surface area contributed by atoms with E-state index in [1.54, 1.807) is 4.90 Å². The minimum absolute atomic E-state index is 0.0207. The Morgan fingerprint density at radius 3 is 2.42 bits per heavy atom. The number of aliphatic hydroxyl groups excluding tert-OH is 1. The summed E-state index contributed by atoms with van der Waals surface area (Å²) in [5.41, 5.74) is -1.99. The van der Waals surface area contributed by atoms with Crippen LogP contribution in [0.5, 0.6) is 0 Å². The lowest BCUT2D eigenvalue weighted by Crippen LogP contribution is -2.65. The van der Waals surface area contributed by atoms with Gasteiger partial charge in [-0.3, -0.25) is 0 Å². The number of carbonyl (C=O) groups is 1. The van der Waals surface area contributed by atoms with Gasteiger partial charge >= 0.3 is 6.09 Å². The van der Waals surface area contributed by atoms with Crippen molar-refractivity contribution in [3.05, 3.63) is 0 Å². The van der Waals surface area contributed by atoms with E-state index in [2.05, 4.69) is 0 Å². The van der Waals surface area contributed by atoms with E-state index < -0.39 is 16.6 Å². The van der Waals surface area contributed by atoms with Crippen LogP contribution >= 0.6 is 0 Å². The van der Waals surface area contributed by atoms with Crippen molar-refractivity contribution in [1.29, 1.82) is 0 Å². The van der Waals surface area contributed by atoms with Gasteiger partial charge in [0, 0.05) is 12.0 Å². The first-order valence-electron chi connectivity index (χ1n) is 9.50. The highest BCUT2D eigenvalue weighted by Crippen LogP contribution is 2.58. The molecule has 0 radical (unpaired) electrons. The number of piperidine rings is 1. The molecule has 2 atom stereocenters. The SMILES string of the molecule is CC(C)(C)OC(=O)N1CCCC(O)(C2(CO)CC3CCC2CC3)C1. The Balaban J connectivity index is 1.80. The Kier molecular flexibility index (Phi) is 4.63. The fourth-order valence-electron chi connectivity index (χ4n) is 5.44. The summed E-state index contributed by atoms with van der Waals surface area (Å²) in [7, 11) is 0. The molecule has 4 rings (SSSR count). The van der Waals surface area contributed by atoms with Crippen LogP contribution in [-0.2, 0) is 4.74 Å². The predicted octanol–water partition coefficient (Wildman–Crippen LogP) is 2.94. The van der Waals surface area contributed by atoms with Crippen molar-refractivity contribution in [2.24, 2.45) is 17.3 Å². The zero-order valence-corrected chi connectivity index (χ0v) is 15.4. The quantitative estimate of drug-likeness (QED) is 0.811. The van der Waals surface area contributed by atoms with E-state index >= 15 is 0 Å². The maximum atomic E-state index is 12.5. The maximum Gasteiger partial charge on any atom is 0.410 e. The number of hydrogen-bond donors (Lipinski definition) is 2. The first kappa shape index (κ1) is 18.0. The number of hydrogen-bond acceptors (Lipinski definition) is 4. The van der Waals surface area contributed by atoms with Crippen LogP contribution in [0.4, 0.5) is 4.79 Å². The minimum atomic E-state index is -0.999. The molecule has 5 heteroatoms. The van der Waals surface area contributed by atoms with Crippen molar-refractivity contribution >= 4 is 6.09 Å². The van der Waals surface area contributed by atoms with Crippen LogP contribution in [0.15, 0.2) is 0 Å². The third kappa shape index (κ3) is 3.05. The molecule has 2 bridgehead atoms. The summed E-state index contributed by atoms with van der Waals surface area (Å²) in [6, 6.07) is 0. The third-order valence-electron chi connectivity index (χ3n) is 6.61. The zero-order chi connectivity index (χ0) is 17.6. The standard InChI is InChI=1S/C19H33NO4/c1-17(2,3)24-16(22)20-10-4-9-19(23,12-20)18(13-21)11-14-5-7-15(18)8-6-14/h14-15,21,23H,4-13H2,1-3H3. The summed E-state index contributed by atoms with van der Waals surface area (Å²) in [5, 5.41) is 21.9. The highest BCUT2D eigenvalue weighted by Gasteiger charge is 2.60. The van der Waals surface area contributed by atoms with E-state index in [0.717, 1.165) is 25.7 Å². The fraction of sp³-hybridized carbons (Fsp3) is 0.947. The normalized spacial score (nSPS) is 39.8. The smallest absolute Gasteiger partial charge is 0.410 e. The largest absolute Gasteiger partial charge is 0.444 e. The third-order valence-corrected chi connectivity index (χ3v) is 6.61. The van der Waals surface area contributed by atoms with Gasteiger partial charge in [-0.15, -0.1) is 0 Å². The number of ether oxygens (including phenoxy) is 1. The Bertz CT molecular complexity index is 480. The molecule has 5 nitrogen and oxygen atoms in total. The Morgan fingerprint density at radius 1 is 1.25 bits per heavy atom. The molecule has 4 aliphatic rings. The maximum absolute atomic E-state index is 12.5. The molecule has 0 spiro atoms. The summed E-state index contributed by atoms with van der Waals surface area (Å²) in [5.74, 6) is 0.985. The molecule has 0 aromatic rings. The van der Waals surface area contributed by atoms with Gasteiger partial charge in [0.15, 0.2) is 0 Å². The number of carbonyl (C=O) groups excluding carboxylic acids is 1. The average Bonchev–Trinajstić information content (AvgIpc) is 2.54. The van der Waals surface area contributed by atoms with Crippen LogP contribution in [0, 0.1) is 17.3 Å². The first-order valence-corrected chi connectivity index (χ1v) is 9.50. The average molecular weight is 339 g/mol. The van der Waals surface area contributed by atoms with Gasteiger partial charge in [-0.1, -0.05) is 12.8 Å². The topological polar surface area (TPSA) is 70.0 Å². The molecule has 1 aliphatic heterocycles. The lowest BCUT2D eigenvalue weighted by Gasteiger charge is -2.60. The van der Waals surface area contributed by atoms with Gasteiger partial charge in [0.05, 0.1) is 18.8 Å². The summed E-state index contributed by atoms with van der Waals surface area (Å²) < 4.78 is 5.50. The van der Waals surface area contributed by atoms with E-state index in [0.29, 0.717) is 24.8 Å². The number of β-amino-alcohol motifs (C(OH)–C–C–N with tert-alkyl or cyclic N) is 1. The predicted molar refractivity (Wildman–Crippen MR) is 91.6 cm³/mol. The molecule has 24 heavy (non-hydrogen) atoms. The van der Waals surface area contributed by atoms with E-state index in [9.17, 15) is 15.0 Å². The van der Waals surface area contributed by atoms with Crippen LogP contribution in [0.1, 0.15) is 65.7 Å². The second kappa shape index (κ2) is 6.17. The zero-order valence-electron chi connectivity index (χ0n) is 15.4. The monoisotopic (exact) mass is 339 g/mol. The molecule has 0 aromatic carbocycles. The Hall–Kier alpha value is -0.810. The van der Waals surface area contributed by atoms with Crippen molar-refractivity contribution in [1.82, 2.24) is 4.90 Å². The molecule has 3 saturated carbocycles. The second-order valence-corrected chi connectivity index (χ2v) is 9.27. The highest BCUT2D eigenvalue weighted by molar-refractivity contribution is 5.68. The fourth-order valence-corrected chi connectivity index (χ4v) is 5.44. The number of amides is 1. The number of rotatable bonds is 2. The molecule has 0 aromatic heterocycles. The first-order chi connectivity index (χ1) is 11.2. The lowest BCUT2D eigenvalue weighted by atomic mass is 9.49. The number of likely N-dealkylation sites (tertiary alicyclic amines) is 1. The lowest BCUT2D eigenvalue weighted by molar-refractivity contribution is -0.202. The summed E-state index contributed by atoms with van der Waals surface area (Å²) in [6.45, 7) is 6.49. The number of fused-ring (bicyclic) bond motifs is 3. The van der Waals surface area contributed by atoms with Gasteiger partial charge in [-0.25, -0.2) is 4.79 Å². The van der Waals surface area contributed by atoms with Crippen molar-refractivity contribution in [2.75, 3.05) is 19.7 Å². The van der Waals surface area contributed by atoms with E-state index in [1.165, 1.54) is 12.8 Å². The Morgan fingerprint density at radius 2 is 1.92 bits per heavy atom. The van der Waals surface area contributed by atoms with Gasteiger partial charge in [0.2, 0.25) is 0 Å². The highest BCUT2D eigenvalue weighted by atomic mass is 16.6. The van der Waals surface area contributed by atoms with E-state index in [1.807, 2.05) is 20.8 Å². The minimum Gasteiger partial charge on any atom is -0.444 e. The van der Waals surface area contributed by atoms with E-state index in [4.69, 9.17) is 4.74 Å². The van der Waals surface area contributed by atoms with Crippen LogP contribution < -0.4 is 0 Å². The molecule has 4 fully saturated rings.